The lowest BCUT2D eigenvalue weighted by Gasteiger charge is -2.12. The van der Waals surface area contributed by atoms with E-state index in [1.54, 1.807) is 44.3 Å². The van der Waals surface area contributed by atoms with E-state index in [2.05, 4.69) is 15.0 Å². The average Bonchev–Trinajstić information content (AvgIpc) is 3.15. The van der Waals surface area contributed by atoms with E-state index in [-0.39, 0.29) is 26.4 Å². The first-order valence-electron chi connectivity index (χ1n) is 9.12. The lowest BCUT2D eigenvalue weighted by Crippen LogP contribution is -2.16. The Morgan fingerprint density at radius 3 is 2.41 bits per heavy atom. The number of carbonyl (C=O) groups excluding carboxylic acids is 2. The van der Waals surface area contributed by atoms with Crippen molar-refractivity contribution in [1.82, 2.24) is 15.0 Å². The smallest absolute Gasteiger partial charge is 0.344 e. The van der Waals surface area contributed by atoms with Crippen LogP contribution in [0.2, 0.25) is 0 Å². The highest BCUT2D eigenvalue weighted by Crippen LogP contribution is 2.33. The van der Waals surface area contributed by atoms with Crippen LogP contribution in [0.25, 0.3) is 22.6 Å². The van der Waals surface area contributed by atoms with Crippen LogP contribution in [0.5, 0.6) is 11.5 Å². The number of carbonyl (C=O) groups is 2. The number of hydrogen-bond acceptors (Lipinski definition) is 8. The normalized spacial score (nSPS) is 10.6. The zero-order chi connectivity index (χ0) is 20.6. The standard InChI is InChI=1S/C20H21N3O6/c1-3-26-17(24)11-28-13-7-8-14(16(10-13)29-12-18(25)27-4-2)19-22-15-6-5-9-21-20(15)23-19/h5-10H,3-4,11-12H2,1-2H3,(H,21,22,23). The second-order valence-electron chi connectivity index (χ2n) is 5.81. The predicted molar refractivity (Wildman–Crippen MR) is 104 cm³/mol. The Labute approximate surface area is 167 Å². The van der Waals surface area contributed by atoms with Crippen LogP contribution in [0, 0.1) is 0 Å². The van der Waals surface area contributed by atoms with E-state index in [1.165, 1.54) is 0 Å². The maximum absolute atomic E-state index is 11.7. The molecule has 0 aliphatic rings. The van der Waals surface area contributed by atoms with Gasteiger partial charge in [-0.15, -0.1) is 0 Å². The molecule has 0 amide bonds. The van der Waals surface area contributed by atoms with Gasteiger partial charge in [0, 0.05) is 12.3 Å². The molecule has 0 aliphatic carbocycles. The van der Waals surface area contributed by atoms with Crippen LogP contribution >= 0.6 is 0 Å². The molecule has 2 heterocycles. The molecular formula is C20H21N3O6. The van der Waals surface area contributed by atoms with Gasteiger partial charge >= 0.3 is 11.9 Å². The Kier molecular flexibility index (Phi) is 6.62. The third-order valence-corrected chi connectivity index (χ3v) is 3.78. The molecule has 0 atom stereocenters. The van der Waals surface area contributed by atoms with Crippen molar-refractivity contribution >= 4 is 23.1 Å². The first kappa shape index (κ1) is 20.1. The number of aromatic nitrogens is 3. The van der Waals surface area contributed by atoms with Crippen molar-refractivity contribution < 1.29 is 28.5 Å². The summed E-state index contributed by atoms with van der Waals surface area (Å²) in [6.07, 6.45) is 1.65. The van der Waals surface area contributed by atoms with Crippen LogP contribution in [-0.4, -0.2) is 53.3 Å². The van der Waals surface area contributed by atoms with E-state index < -0.39 is 11.9 Å². The fourth-order valence-electron chi connectivity index (χ4n) is 2.56. The van der Waals surface area contributed by atoms with Gasteiger partial charge in [0.15, 0.2) is 18.9 Å². The molecule has 0 saturated heterocycles. The van der Waals surface area contributed by atoms with E-state index in [9.17, 15) is 9.59 Å². The van der Waals surface area contributed by atoms with Crippen LogP contribution in [0.1, 0.15) is 13.8 Å². The van der Waals surface area contributed by atoms with Gasteiger partial charge in [0.25, 0.3) is 0 Å². The minimum atomic E-state index is -0.498. The molecule has 0 spiro atoms. The number of ether oxygens (including phenoxy) is 4. The van der Waals surface area contributed by atoms with Gasteiger partial charge in [-0.1, -0.05) is 0 Å². The van der Waals surface area contributed by atoms with Crippen molar-refractivity contribution in [2.24, 2.45) is 0 Å². The van der Waals surface area contributed by atoms with Gasteiger partial charge < -0.3 is 23.9 Å². The summed E-state index contributed by atoms with van der Waals surface area (Å²) in [5, 5.41) is 0. The Morgan fingerprint density at radius 1 is 1.00 bits per heavy atom. The van der Waals surface area contributed by atoms with Gasteiger partial charge in [-0.3, -0.25) is 0 Å². The molecule has 152 valence electrons. The van der Waals surface area contributed by atoms with Crippen molar-refractivity contribution in [3.05, 3.63) is 36.5 Å². The largest absolute Gasteiger partial charge is 0.482 e. The SMILES string of the molecule is CCOC(=O)COc1ccc(-c2nc3ncccc3[nH]2)c(OCC(=O)OCC)c1. The van der Waals surface area contributed by atoms with Gasteiger partial charge in [-0.25, -0.2) is 19.6 Å². The van der Waals surface area contributed by atoms with Crippen molar-refractivity contribution in [2.45, 2.75) is 13.8 Å². The molecule has 0 saturated carbocycles. The Balaban J connectivity index is 1.86. The van der Waals surface area contributed by atoms with Crippen LogP contribution in [0.4, 0.5) is 0 Å². The molecule has 0 aliphatic heterocycles. The molecule has 0 bridgehead atoms. The molecule has 9 nitrogen and oxygen atoms in total. The van der Waals surface area contributed by atoms with Gasteiger partial charge in [-0.05, 0) is 38.1 Å². The summed E-state index contributed by atoms with van der Waals surface area (Å²) in [6.45, 7) is 3.45. The van der Waals surface area contributed by atoms with E-state index in [4.69, 9.17) is 18.9 Å². The molecule has 0 radical (unpaired) electrons. The van der Waals surface area contributed by atoms with Crippen LogP contribution in [0.3, 0.4) is 0 Å². The molecule has 1 N–H and O–H groups in total. The second-order valence-corrected chi connectivity index (χ2v) is 5.81. The number of nitrogens with zero attached hydrogens (tertiary/aromatic N) is 2. The maximum atomic E-state index is 11.7. The number of benzene rings is 1. The summed E-state index contributed by atoms with van der Waals surface area (Å²) in [5.41, 5.74) is 1.93. The van der Waals surface area contributed by atoms with Gasteiger partial charge in [-0.2, -0.15) is 0 Å². The average molecular weight is 399 g/mol. The lowest BCUT2D eigenvalue weighted by molar-refractivity contribution is -0.146. The Hall–Kier alpha value is -3.62. The summed E-state index contributed by atoms with van der Waals surface area (Å²) in [7, 11) is 0. The fourth-order valence-corrected chi connectivity index (χ4v) is 2.56. The first-order valence-corrected chi connectivity index (χ1v) is 9.12. The fraction of sp³-hybridized carbons (Fsp3) is 0.300. The number of esters is 2. The first-order chi connectivity index (χ1) is 14.1. The summed E-state index contributed by atoms with van der Waals surface area (Å²) in [4.78, 5) is 35.0. The number of nitrogens with one attached hydrogen (secondary N) is 1. The number of rotatable bonds is 9. The molecule has 2 aromatic heterocycles. The van der Waals surface area contributed by atoms with Crippen molar-refractivity contribution in [3.63, 3.8) is 0 Å². The molecule has 0 unspecified atom stereocenters. The second kappa shape index (κ2) is 9.54. The van der Waals surface area contributed by atoms with Gasteiger partial charge in [0.1, 0.15) is 17.3 Å². The van der Waals surface area contributed by atoms with Crippen molar-refractivity contribution in [2.75, 3.05) is 26.4 Å². The highest BCUT2D eigenvalue weighted by atomic mass is 16.6. The number of aromatic amines is 1. The van der Waals surface area contributed by atoms with Gasteiger partial charge in [0.05, 0.1) is 24.3 Å². The highest BCUT2D eigenvalue weighted by Gasteiger charge is 2.15. The zero-order valence-electron chi connectivity index (χ0n) is 16.1. The van der Waals surface area contributed by atoms with E-state index >= 15 is 0 Å². The number of fused-ring (bicyclic) bond motifs is 1. The number of hydrogen-bond donors (Lipinski definition) is 1. The number of pyridine rings is 1. The molecule has 29 heavy (non-hydrogen) atoms. The van der Waals surface area contributed by atoms with E-state index in [1.807, 2.05) is 6.07 Å². The number of imidazole rings is 1. The summed E-state index contributed by atoms with van der Waals surface area (Å²) in [5.74, 6) is 0.277. The molecule has 9 heteroatoms. The Bertz CT molecular complexity index is 968. The molecule has 3 aromatic rings. The summed E-state index contributed by atoms with van der Waals surface area (Å²) >= 11 is 0. The Morgan fingerprint density at radius 2 is 1.72 bits per heavy atom. The third kappa shape index (κ3) is 5.22. The topological polar surface area (TPSA) is 113 Å². The predicted octanol–water partition coefficient (Wildman–Crippen LogP) is 2.51. The van der Waals surface area contributed by atoms with Gasteiger partial charge in [0.2, 0.25) is 0 Å². The molecule has 0 fully saturated rings. The van der Waals surface area contributed by atoms with Crippen molar-refractivity contribution in [1.29, 1.82) is 0 Å². The zero-order valence-corrected chi connectivity index (χ0v) is 16.1. The van der Waals surface area contributed by atoms with E-state index in [0.717, 1.165) is 5.52 Å². The maximum Gasteiger partial charge on any atom is 0.344 e. The molecule has 3 rings (SSSR count). The monoisotopic (exact) mass is 399 g/mol. The van der Waals surface area contributed by atoms with E-state index in [0.29, 0.717) is 28.5 Å². The minimum Gasteiger partial charge on any atom is -0.482 e. The minimum absolute atomic E-state index is 0.237. The molecular weight excluding hydrogens is 378 g/mol. The summed E-state index contributed by atoms with van der Waals surface area (Å²) in [6, 6.07) is 8.63. The molecule has 1 aromatic carbocycles. The van der Waals surface area contributed by atoms with Crippen molar-refractivity contribution in [3.8, 4) is 22.9 Å². The highest BCUT2D eigenvalue weighted by molar-refractivity contribution is 5.78. The van der Waals surface area contributed by atoms with Crippen LogP contribution in [-0.2, 0) is 19.1 Å². The quantitative estimate of drug-likeness (QED) is 0.546. The third-order valence-electron chi connectivity index (χ3n) is 3.78. The summed E-state index contributed by atoms with van der Waals surface area (Å²) < 4.78 is 20.8. The van der Waals surface area contributed by atoms with Crippen LogP contribution in [0.15, 0.2) is 36.5 Å². The number of H-pyrrole nitrogens is 1. The van der Waals surface area contributed by atoms with Crippen LogP contribution < -0.4 is 9.47 Å². The lowest BCUT2D eigenvalue weighted by atomic mass is 10.2.